The summed E-state index contributed by atoms with van der Waals surface area (Å²) < 4.78 is 10.1. The molecule has 0 aliphatic carbocycles. The summed E-state index contributed by atoms with van der Waals surface area (Å²) in [5.41, 5.74) is 1.50. The third kappa shape index (κ3) is 4.80. The lowest BCUT2D eigenvalue weighted by atomic mass is 10.1. The second kappa shape index (κ2) is 7.77. The van der Waals surface area contributed by atoms with Gasteiger partial charge in [-0.15, -0.1) is 11.6 Å². The molecule has 1 aromatic carbocycles. The molecular weight excluding hydrogens is 252 g/mol. The van der Waals surface area contributed by atoms with Gasteiger partial charge in [-0.05, 0) is 37.1 Å². The van der Waals surface area contributed by atoms with Gasteiger partial charge in [-0.3, -0.25) is 0 Å². The van der Waals surface area contributed by atoms with E-state index in [-0.39, 0.29) is 5.97 Å². The first-order chi connectivity index (χ1) is 8.67. The Morgan fingerprint density at radius 3 is 2.56 bits per heavy atom. The number of alkyl halides is 1. The Labute approximate surface area is 112 Å². The van der Waals surface area contributed by atoms with Crippen molar-refractivity contribution in [2.75, 3.05) is 19.6 Å². The number of hydrogen-bond acceptors (Lipinski definition) is 3. The predicted molar refractivity (Wildman–Crippen MR) is 72.9 cm³/mol. The molecule has 1 rings (SSSR count). The molecule has 1 aromatic rings. The Bertz CT molecular complexity index is 410. The van der Waals surface area contributed by atoms with Crippen LogP contribution in [0.15, 0.2) is 29.8 Å². The van der Waals surface area contributed by atoms with Gasteiger partial charge in [-0.1, -0.05) is 12.1 Å². The molecule has 0 bridgehead atoms. The molecule has 0 radical (unpaired) electrons. The topological polar surface area (TPSA) is 35.5 Å². The highest BCUT2D eigenvalue weighted by molar-refractivity contribution is 6.17. The lowest BCUT2D eigenvalue weighted by Gasteiger charge is -2.05. The van der Waals surface area contributed by atoms with Crippen LogP contribution in [-0.2, 0) is 9.53 Å². The summed E-state index contributed by atoms with van der Waals surface area (Å²) in [4.78, 5) is 11.2. The van der Waals surface area contributed by atoms with E-state index in [0.717, 1.165) is 17.7 Å². The Balaban J connectivity index is 2.62. The minimum absolute atomic E-state index is 0.322. The van der Waals surface area contributed by atoms with Crippen molar-refractivity contribution < 1.29 is 14.3 Å². The van der Waals surface area contributed by atoms with Crippen LogP contribution in [0.4, 0.5) is 0 Å². The smallest absolute Gasteiger partial charge is 0.333 e. The standard InChI is InChI=1S/C14H17ClO3/c1-11(14(16)17-2)10-12-4-6-13(7-5-12)18-9-3-8-15/h4-7,10H,3,8-9H2,1-2H3/b11-10+. The Morgan fingerprint density at radius 2 is 2.00 bits per heavy atom. The SMILES string of the molecule is COC(=O)/C(C)=C/c1ccc(OCCCCl)cc1. The fourth-order valence-electron chi connectivity index (χ4n) is 1.37. The number of halogens is 1. The molecule has 0 atom stereocenters. The molecule has 0 amide bonds. The number of benzene rings is 1. The lowest BCUT2D eigenvalue weighted by molar-refractivity contribution is -0.135. The van der Waals surface area contributed by atoms with Crippen molar-refractivity contribution in [2.24, 2.45) is 0 Å². The maximum Gasteiger partial charge on any atom is 0.333 e. The largest absolute Gasteiger partial charge is 0.494 e. The molecule has 0 spiro atoms. The third-order valence-corrected chi connectivity index (χ3v) is 2.58. The zero-order chi connectivity index (χ0) is 13.4. The van der Waals surface area contributed by atoms with Crippen molar-refractivity contribution in [1.29, 1.82) is 0 Å². The Hall–Kier alpha value is -1.48. The van der Waals surface area contributed by atoms with E-state index in [4.69, 9.17) is 16.3 Å². The summed E-state index contributed by atoms with van der Waals surface area (Å²) in [5, 5.41) is 0. The minimum atomic E-state index is -0.322. The zero-order valence-corrected chi connectivity index (χ0v) is 11.4. The molecule has 0 aliphatic rings. The predicted octanol–water partition coefficient (Wildman–Crippen LogP) is 3.27. The third-order valence-electron chi connectivity index (χ3n) is 2.32. The van der Waals surface area contributed by atoms with Crippen molar-refractivity contribution in [2.45, 2.75) is 13.3 Å². The van der Waals surface area contributed by atoms with Gasteiger partial charge < -0.3 is 9.47 Å². The quantitative estimate of drug-likeness (QED) is 0.344. The molecule has 0 heterocycles. The monoisotopic (exact) mass is 268 g/mol. The van der Waals surface area contributed by atoms with Crippen LogP contribution in [0.3, 0.4) is 0 Å². The molecule has 4 heteroatoms. The maximum absolute atomic E-state index is 11.2. The molecule has 3 nitrogen and oxygen atoms in total. The van der Waals surface area contributed by atoms with Gasteiger partial charge in [-0.2, -0.15) is 0 Å². The van der Waals surface area contributed by atoms with Crippen LogP contribution in [0.2, 0.25) is 0 Å². The van der Waals surface area contributed by atoms with Gasteiger partial charge in [0.25, 0.3) is 0 Å². The van der Waals surface area contributed by atoms with E-state index in [2.05, 4.69) is 4.74 Å². The Morgan fingerprint density at radius 1 is 1.33 bits per heavy atom. The van der Waals surface area contributed by atoms with Gasteiger partial charge in [0.2, 0.25) is 0 Å². The summed E-state index contributed by atoms with van der Waals surface area (Å²) >= 11 is 5.56. The number of carbonyl (C=O) groups is 1. The number of carbonyl (C=O) groups excluding carboxylic acids is 1. The first-order valence-electron chi connectivity index (χ1n) is 5.73. The minimum Gasteiger partial charge on any atom is -0.494 e. The van der Waals surface area contributed by atoms with Crippen LogP contribution < -0.4 is 4.74 Å². The van der Waals surface area contributed by atoms with E-state index < -0.39 is 0 Å². The molecule has 98 valence electrons. The average Bonchev–Trinajstić information content (AvgIpc) is 2.40. The molecule has 0 aliphatic heterocycles. The van der Waals surface area contributed by atoms with E-state index in [1.54, 1.807) is 13.0 Å². The second-order valence-electron chi connectivity index (χ2n) is 3.78. The molecule has 0 aromatic heterocycles. The second-order valence-corrected chi connectivity index (χ2v) is 4.16. The summed E-state index contributed by atoms with van der Waals surface area (Å²) in [5.74, 6) is 1.07. The van der Waals surface area contributed by atoms with Crippen molar-refractivity contribution in [3.8, 4) is 5.75 Å². The lowest BCUT2D eigenvalue weighted by Crippen LogP contribution is -2.01. The Kier molecular flexibility index (Phi) is 6.29. The van der Waals surface area contributed by atoms with Crippen LogP contribution in [0.5, 0.6) is 5.75 Å². The van der Waals surface area contributed by atoms with Gasteiger partial charge in [0.05, 0.1) is 13.7 Å². The number of hydrogen-bond donors (Lipinski definition) is 0. The summed E-state index contributed by atoms with van der Waals surface area (Å²) in [6.07, 6.45) is 2.60. The van der Waals surface area contributed by atoms with Crippen LogP contribution in [0, 0.1) is 0 Å². The summed E-state index contributed by atoms with van der Waals surface area (Å²) in [7, 11) is 1.37. The van der Waals surface area contributed by atoms with Crippen molar-refractivity contribution >= 4 is 23.6 Å². The van der Waals surface area contributed by atoms with E-state index in [9.17, 15) is 4.79 Å². The van der Waals surface area contributed by atoms with Gasteiger partial charge in [-0.25, -0.2) is 4.79 Å². The molecule has 0 saturated heterocycles. The van der Waals surface area contributed by atoms with Crippen molar-refractivity contribution in [1.82, 2.24) is 0 Å². The highest BCUT2D eigenvalue weighted by Gasteiger charge is 2.02. The molecule has 0 unspecified atom stereocenters. The first-order valence-corrected chi connectivity index (χ1v) is 6.26. The van der Waals surface area contributed by atoms with E-state index in [1.807, 2.05) is 24.3 Å². The normalized spacial score (nSPS) is 11.2. The van der Waals surface area contributed by atoms with E-state index >= 15 is 0 Å². The van der Waals surface area contributed by atoms with Crippen LogP contribution in [0.25, 0.3) is 6.08 Å². The average molecular weight is 269 g/mol. The van der Waals surface area contributed by atoms with Crippen LogP contribution in [-0.4, -0.2) is 25.6 Å². The zero-order valence-electron chi connectivity index (χ0n) is 10.6. The fourth-order valence-corrected chi connectivity index (χ4v) is 1.48. The van der Waals surface area contributed by atoms with Gasteiger partial charge in [0.15, 0.2) is 0 Å². The number of ether oxygens (including phenoxy) is 2. The molecular formula is C14H17ClO3. The van der Waals surface area contributed by atoms with Crippen LogP contribution >= 0.6 is 11.6 Å². The fraction of sp³-hybridized carbons (Fsp3) is 0.357. The highest BCUT2D eigenvalue weighted by atomic mass is 35.5. The summed E-state index contributed by atoms with van der Waals surface area (Å²) in [6, 6.07) is 7.51. The first kappa shape index (κ1) is 14.6. The number of rotatable bonds is 6. The van der Waals surface area contributed by atoms with Crippen molar-refractivity contribution in [3.63, 3.8) is 0 Å². The molecule has 18 heavy (non-hydrogen) atoms. The van der Waals surface area contributed by atoms with Gasteiger partial charge in [0, 0.05) is 11.5 Å². The summed E-state index contributed by atoms with van der Waals surface area (Å²) in [6.45, 7) is 2.33. The van der Waals surface area contributed by atoms with Crippen LogP contribution in [0.1, 0.15) is 18.9 Å². The molecule has 0 fully saturated rings. The van der Waals surface area contributed by atoms with Gasteiger partial charge in [0.1, 0.15) is 5.75 Å². The van der Waals surface area contributed by atoms with E-state index in [0.29, 0.717) is 18.1 Å². The van der Waals surface area contributed by atoms with Gasteiger partial charge >= 0.3 is 5.97 Å². The van der Waals surface area contributed by atoms with E-state index in [1.165, 1.54) is 7.11 Å². The highest BCUT2D eigenvalue weighted by Crippen LogP contribution is 2.15. The maximum atomic E-state index is 11.2. The molecule has 0 N–H and O–H groups in total. The van der Waals surface area contributed by atoms with Crippen molar-refractivity contribution in [3.05, 3.63) is 35.4 Å². The molecule has 0 saturated carbocycles. The number of methoxy groups -OCH3 is 1. The number of esters is 1.